The minimum atomic E-state index is 0. The molecule has 2 fully saturated rings. The van der Waals surface area contributed by atoms with E-state index in [-0.39, 0.29) is 24.0 Å². The molecule has 5 nitrogen and oxygen atoms in total. The summed E-state index contributed by atoms with van der Waals surface area (Å²) in [5.41, 5.74) is 0. The lowest BCUT2D eigenvalue weighted by molar-refractivity contribution is 0.00752. The first-order valence-electron chi connectivity index (χ1n) is 8.94. The molecule has 2 aliphatic rings. The highest BCUT2D eigenvalue weighted by molar-refractivity contribution is 14.0. The van der Waals surface area contributed by atoms with Gasteiger partial charge in [-0.05, 0) is 31.4 Å². The van der Waals surface area contributed by atoms with Gasteiger partial charge < -0.3 is 15.4 Å². The van der Waals surface area contributed by atoms with E-state index in [2.05, 4.69) is 53.1 Å². The quantitative estimate of drug-likeness (QED) is 0.355. The van der Waals surface area contributed by atoms with Crippen LogP contribution in [0.5, 0.6) is 0 Å². The molecule has 0 aliphatic carbocycles. The molecule has 0 spiro atoms. The van der Waals surface area contributed by atoms with Crippen molar-refractivity contribution in [3.63, 3.8) is 0 Å². The fraction of sp³-hybridized carbons (Fsp3) is 0.941. The first-order valence-corrected chi connectivity index (χ1v) is 9.93. The molecule has 0 amide bonds. The number of ether oxygens (including phenoxy) is 1. The zero-order valence-corrected chi connectivity index (χ0v) is 18.8. The second-order valence-electron chi connectivity index (χ2n) is 7.17. The van der Waals surface area contributed by atoms with Crippen molar-refractivity contribution in [2.24, 2.45) is 10.9 Å². The van der Waals surface area contributed by atoms with Crippen LogP contribution in [0.15, 0.2) is 4.99 Å². The molecular formula is C17H35IN4OS. The van der Waals surface area contributed by atoms with E-state index >= 15 is 0 Å². The molecule has 0 aromatic rings. The van der Waals surface area contributed by atoms with Gasteiger partial charge in [0.1, 0.15) is 0 Å². The predicted molar refractivity (Wildman–Crippen MR) is 116 cm³/mol. The third-order valence-corrected chi connectivity index (χ3v) is 6.45. The monoisotopic (exact) mass is 470 g/mol. The molecule has 142 valence electrons. The van der Waals surface area contributed by atoms with Gasteiger partial charge in [-0.15, -0.1) is 24.0 Å². The van der Waals surface area contributed by atoms with Gasteiger partial charge in [0.05, 0.1) is 13.2 Å². The summed E-state index contributed by atoms with van der Waals surface area (Å²) in [6, 6.07) is 0.522. The number of rotatable bonds is 6. The average molecular weight is 470 g/mol. The predicted octanol–water partition coefficient (Wildman–Crippen LogP) is 2.41. The fourth-order valence-corrected chi connectivity index (χ4v) is 4.61. The number of halogens is 1. The van der Waals surface area contributed by atoms with Crippen LogP contribution in [0.2, 0.25) is 0 Å². The number of nitrogens with zero attached hydrogens (tertiary/aromatic N) is 2. The van der Waals surface area contributed by atoms with E-state index in [9.17, 15) is 0 Å². The number of guanidine groups is 1. The van der Waals surface area contributed by atoms with Crippen LogP contribution in [0.25, 0.3) is 0 Å². The van der Waals surface area contributed by atoms with Crippen LogP contribution in [0, 0.1) is 5.92 Å². The smallest absolute Gasteiger partial charge is 0.191 e. The number of hydrogen-bond donors (Lipinski definition) is 2. The van der Waals surface area contributed by atoms with Gasteiger partial charge in [-0.2, -0.15) is 11.8 Å². The number of thioether (sulfide) groups is 1. The molecule has 0 bridgehead atoms. The molecule has 0 aromatic heterocycles. The maximum absolute atomic E-state index is 5.48. The van der Waals surface area contributed by atoms with E-state index in [1.54, 1.807) is 0 Å². The van der Waals surface area contributed by atoms with Crippen LogP contribution >= 0.6 is 35.7 Å². The normalized spacial score (nSPS) is 27.0. The second kappa shape index (κ2) is 11.1. The van der Waals surface area contributed by atoms with Gasteiger partial charge in [-0.1, -0.05) is 13.8 Å². The lowest BCUT2D eigenvalue weighted by Gasteiger charge is -2.37. The Kier molecular flexibility index (Phi) is 10.3. The van der Waals surface area contributed by atoms with Crippen LogP contribution in [0.3, 0.4) is 0 Å². The number of hydrogen-bond acceptors (Lipinski definition) is 4. The maximum Gasteiger partial charge on any atom is 0.191 e. The topological polar surface area (TPSA) is 48.9 Å². The minimum absolute atomic E-state index is 0. The lowest BCUT2D eigenvalue weighted by atomic mass is 10.0. The zero-order chi connectivity index (χ0) is 16.7. The van der Waals surface area contributed by atoms with Crippen molar-refractivity contribution in [2.45, 2.75) is 44.4 Å². The standard InChI is InChI=1S/C17H34N4OS.HI/c1-14(2)15(21-7-9-22-10-8-21)12-19-16(18-4)20-13-17(3)6-5-11-23-17;/h14-15H,5-13H2,1-4H3,(H2,18,19,20);1H. The Labute approximate surface area is 169 Å². The molecule has 0 aromatic carbocycles. The average Bonchev–Trinajstić information content (AvgIpc) is 2.98. The Morgan fingerprint density at radius 3 is 2.54 bits per heavy atom. The van der Waals surface area contributed by atoms with Crippen molar-refractivity contribution in [1.82, 2.24) is 15.5 Å². The van der Waals surface area contributed by atoms with E-state index < -0.39 is 0 Å². The first-order chi connectivity index (χ1) is 11.0. The SMILES string of the molecule is CN=C(NCC(C(C)C)N1CCOCC1)NCC1(C)CCCS1.I. The summed E-state index contributed by atoms with van der Waals surface area (Å²) in [5, 5.41) is 7.06. The fourth-order valence-electron chi connectivity index (χ4n) is 3.36. The van der Waals surface area contributed by atoms with Gasteiger partial charge in [0.2, 0.25) is 0 Å². The molecule has 2 N–H and O–H groups in total. The van der Waals surface area contributed by atoms with Crippen molar-refractivity contribution in [3.8, 4) is 0 Å². The molecule has 0 saturated carbocycles. The van der Waals surface area contributed by atoms with Gasteiger partial charge in [-0.3, -0.25) is 9.89 Å². The Bertz CT molecular complexity index is 383. The summed E-state index contributed by atoms with van der Waals surface area (Å²) in [5.74, 6) is 2.83. The third-order valence-electron chi connectivity index (χ3n) is 4.92. The van der Waals surface area contributed by atoms with Crippen LogP contribution in [-0.4, -0.2) is 73.8 Å². The van der Waals surface area contributed by atoms with Crippen LogP contribution in [0.1, 0.15) is 33.6 Å². The molecule has 0 radical (unpaired) electrons. The molecule has 2 aliphatic heterocycles. The highest BCUT2D eigenvalue weighted by Crippen LogP contribution is 2.36. The van der Waals surface area contributed by atoms with Crippen molar-refractivity contribution in [2.75, 3.05) is 52.2 Å². The molecule has 2 unspecified atom stereocenters. The van der Waals surface area contributed by atoms with Crippen molar-refractivity contribution in [3.05, 3.63) is 0 Å². The summed E-state index contributed by atoms with van der Waals surface area (Å²) in [4.78, 5) is 6.94. The number of morpholine rings is 1. The van der Waals surface area contributed by atoms with Crippen LogP contribution in [-0.2, 0) is 4.74 Å². The van der Waals surface area contributed by atoms with Crippen molar-refractivity contribution < 1.29 is 4.74 Å². The van der Waals surface area contributed by atoms with Crippen molar-refractivity contribution >= 4 is 41.7 Å². The van der Waals surface area contributed by atoms with Gasteiger partial charge >= 0.3 is 0 Å². The summed E-state index contributed by atoms with van der Waals surface area (Å²) in [6.45, 7) is 12.6. The van der Waals surface area contributed by atoms with Crippen molar-refractivity contribution in [1.29, 1.82) is 0 Å². The minimum Gasteiger partial charge on any atom is -0.379 e. The highest BCUT2D eigenvalue weighted by Gasteiger charge is 2.29. The molecule has 2 saturated heterocycles. The molecule has 2 heterocycles. The maximum atomic E-state index is 5.48. The summed E-state index contributed by atoms with van der Waals surface area (Å²) in [6.07, 6.45) is 2.63. The van der Waals surface area contributed by atoms with Gasteiger partial charge in [0.25, 0.3) is 0 Å². The summed E-state index contributed by atoms with van der Waals surface area (Å²) in [7, 11) is 1.86. The Morgan fingerprint density at radius 2 is 2.00 bits per heavy atom. The van der Waals surface area contributed by atoms with E-state index in [0.29, 0.717) is 16.7 Å². The highest BCUT2D eigenvalue weighted by atomic mass is 127. The largest absolute Gasteiger partial charge is 0.379 e. The van der Waals surface area contributed by atoms with Gasteiger partial charge in [0, 0.05) is 44.0 Å². The molecular weight excluding hydrogens is 435 g/mol. The number of nitrogens with one attached hydrogen (secondary N) is 2. The van der Waals surface area contributed by atoms with E-state index in [4.69, 9.17) is 4.74 Å². The summed E-state index contributed by atoms with van der Waals surface area (Å²) < 4.78 is 5.84. The molecule has 24 heavy (non-hydrogen) atoms. The number of aliphatic imine (C=N–C) groups is 1. The third kappa shape index (κ3) is 6.88. The van der Waals surface area contributed by atoms with Crippen LogP contribution in [0.4, 0.5) is 0 Å². The Morgan fingerprint density at radius 1 is 1.29 bits per heavy atom. The van der Waals surface area contributed by atoms with Gasteiger partial charge in [0.15, 0.2) is 5.96 Å². The first kappa shape index (κ1) is 22.3. The van der Waals surface area contributed by atoms with Crippen LogP contribution < -0.4 is 10.6 Å². The van der Waals surface area contributed by atoms with E-state index in [1.807, 2.05) is 7.05 Å². The second-order valence-corrected chi connectivity index (χ2v) is 8.85. The molecule has 2 atom stereocenters. The van der Waals surface area contributed by atoms with Gasteiger partial charge in [-0.25, -0.2) is 0 Å². The zero-order valence-electron chi connectivity index (χ0n) is 15.6. The van der Waals surface area contributed by atoms with E-state index in [0.717, 1.165) is 45.4 Å². The lowest BCUT2D eigenvalue weighted by Crippen LogP contribution is -2.53. The van der Waals surface area contributed by atoms with E-state index in [1.165, 1.54) is 18.6 Å². The molecule has 2 rings (SSSR count). The Hall–Kier alpha value is 0.270. The Balaban J connectivity index is 0.00000288. The summed E-state index contributed by atoms with van der Waals surface area (Å²) >= 11 is 2.08. The molecule has 7 heteroatoms.